The summed E-state index contributed by atoms with van der Waals surface area (Å²) in [6.07, 6.45) is 2.90. The summed E-state index contributed by atoms with van der Waals surface area (Å²) in [7, 11) is 0. The van der Waals surface area contributed by atoms with Gasteiger partial charge < -0.3 is 5.32 Å². The molecule has 1 N–H and O–H groups in total. The minimum absolute atomic E-state index is 0.0976. The van der Waals surface area contributed by atoms with Crippen molar-refractivity contribution in [2.24, 2.45) is 0 Å². The maximum Gasteiger partial charge on any atom is 0.166 e. The van der Waals surface area contributed by atoms with Crippen molar-refractivity contribution in [2.75, 3.05) is 5.32 Å². The number of hydrogen-bond donors (Lipinski definition) is 1. The van der Waals surface area contributed by atoms with Crippen molar-refractivity contribution in [1.82, 2.24) is 4.98 Å². The Morgan fingerprint density at radius 1 is 0.870 bits per heavy atom. The number of para-hydroxylation sites is 1. The molecule has 1 aromatic heterocycles. The van der Waals surface area contributed by atoms with Crippen molar-refractivity contribution in [3.8, 4) is 0 Å². The quantitative estimate of drug-likeness (QED) is 0.674. The highest BCUT2D eigenvalue weighted by Crippen LogP contribution is 2.20. The largest absolute Gasteiger partial charge is 0.340 e. The van der Waals surface area contributed by atoms with Gasteiger partial charge in [0.05, 0.1) is 5.56 Å². The van der Waals surface area contributed by atoms with Gasteiger partial charge in [-0.3, -0.25) is 4.79 Å². The number of aromatic nitrogens is 1. The summed E-state index contributed by atoms with van der Waals surface area (Å²) in [5.41, 5.74) is 2.72. The third kappa shape index (κ3) is 4.04. The number of pyridine rings is 1. The number of anilines is 2. The SMILES string of the molecule is O=C(CCc1ccccc1)c1cccnc1Nc1ccccc1. The Kier molecular flexibility index (Phi) is 4.79. The van der Waals surface area contributed by atoms with Crippen molar-refractivity contribution < 1.29 is 4.79 Å². The van der Waals surface area contributed by atoms with Gasteiger partial charge in [-0.2, -0.15) is 0 Å². The van der Waals surface area contributed by atoms with Gasteiger partial charge in [0.2, 0.25) is 0 Å². The fourth-order valence-electron chi connectivity index (χ4n) is 2.43. The first kappa shape index (κ1) is 15.0. The van der Waals surface area contributed by atoms with Gasteiger partial charge in [0.15, 0.2) is 5.78 Å². The van der Waals surface area contributed by atoms with Crippen LogP contribution in [0.1, 0.15) is 22.3 Å². The van der Waals surface area contributed by atoms with Gasteiger partial charge in [-0.05, 0) is 36.2 Å². The smallest absolute Gasteiger partial charge is 0.166 e. The predicted octanol–water partition coefficient (Wildman–Crippen LogP) is 4.64. The van der Waals surface area contributed by atoms with Crippen molar-refractivity contribution >= 4 is 17.3 Å². The summed E-state index contributed by atoms with van der Waals surface area (Å²) < 4.78 is 0. The summed E-state index contributed by atoms with van der Waals surface area (Å²) >= 11 is 0. The summed E-state index contributed by atoms with van der Waals surface area (Å²) in [5.74, 6) is 0.706. The molecule has 0 atom stereocenters. The molecule has 3 nitrogen and oxygen atoms in total. The van der Waals surface area contributed by atoms with Crippen LogP contribution < -0.4 is 5.32 Å². The maximum absolute atomic E-state index is 12.5. The number of Topliss-reactive ketones (excluding diaryl/α,β-unsaturated/α-hetero) is 1. The maximum atomic E-state index is 12.5. The molecule has 3 heteroatoms. The molecule has 0 radical (unpaired) electrons. The van der Waals surface area contributed by atoms with Crippen LogP contribution in [-0.4, -0.2) is 10.8 Å². The van der Waals surface area contributed by atoms with Crippen LogP contribution in [0.5, 0.6) is 0 Å². The molecule has 114 valence electrons. The molecule has 23 heavy (non-hydrogen) atoms. The lowest BCUT2D eigenvalue weighted by Gasteiger charge is -2.10. The molecule has 0 aliphatic carbocycles. The van der Waals surface area contributed by atoms with E-state index in [1.807, 2.05) is 66.7 Å². The lowest BCUT2D eigenvalue weighted by Crippen LogP contribution is -2.06. The average Bonchev–Trinajstić information content (AvgIpc) is 2.62. The number of nitrogens with zero attached hydrogens (tertiary/aromatic N) is 1. The highest BCUT2D eigenvalue weighted by atomic mass is 16.1. The van der Waals surface area contributed by atoms with E-state index in [-0.39, 0.29) is 5.78 Å². The minimum atomic E-state index is 0.0976. The van der Waals surface area contributed by atoms with Crippen molar-refractivity contribution in [1.29, 1.82) is 0 Å². The van der Waals surface area contributed by atoms with Gasteiger partial charge in [0, 0.05) is 18.3 Å². The Hall–Kier alpha value is -2.94. The number of aryl methyl sites for hydroxylation is 1. The van der Waals surface area contributed by atoms with Crippen LogP contribution in [0.3, 0.4) is 0 Å². The van der Waals surface area contributed by atoms with Crippen molar-refractivity contribution in [3.05, 3.63) is 90.1 Å². The molecule has 1 heterocycles. The highest BCUT2D eigenvalue weighted by molar-refractivity contribution is 6.01. The Bertz CT molecular complexity index is 770. The summed E-state index contributed by atoms with van der Waals surface area (Å²) in [6, 6.07) is 23.4. The Morgan fingerprint density at radius 3 is 2.30 bits per heavy atom. The average molecular weight is 302 g/mol. The number of hydrogen-bond acceptors (Lipinski definition) is 3. The first-order chi connectivity index (χ1) is 11.3. The molecule has 0 amide bonds. The second-order valence-electron chi connectivity index (χ2n) is 5.30. The van der Waals surface area contributed by atoms with Gasteiger partial charge in [0.1, 0.15) is 5.82 Å². The van der Waals surface area contributed by atoms with Crippen LogP contribution in [0.4, 0.5) is 11.5 Å². The number of ketones is 1. The first-order valence-corrected chi connectivity index (χ1v) is 7.67. The van der Waals surface area contributed by atoms with Crippen molar-refractivity contribution in [3.63, 3.8) is 0 Å². The number of carbonyl (C=O) groups excluding carboxylic acids is 1. The molecule has 0 aliphatic heterocycles. The monoisotopic (exact) mass is 302 g/mol. The van der Waals surface area contributed by atoms with Crippen LogP contribution in [0.25, 0.3) is 0 Å². The van der Waals surface area contributed by atoms with E-state index in [0.717, 1.165) is 12.1 Å². The van der Waals surface area contributed by atoms with Crippen LogP contribution in [0.15, 0.2) is 79.0 Å². The minimum Gasteiger partial charge on any atom is -0.340 e. The Labute approximate surface area is 136 Å². The molecule has 0 aliphatic rings. The van der Waals surface area contributed by atoms with Crippen LogP contribution in [-0.2, 0) is 6.42 Å². The van der Waals surface area contributed by atoms with Crippen LogP contribution >= 0.6 is 0 Å². The second-order valence-corrected chi connectivity index (χ2v) is 5.30. The highest BCUT2D eigenvalue weighted by Gasteiger charge is 2.12. The van der Waals surface area contributed by atoms with Gasteiger partial charge in [-0.15, -0.1) is 0 Å². The molecule has 0 fully saturated rings. The van der Waals surface area contributed by atoms with Gasteiger partial charge >= 0.3 is 0 Å². The summed E-state index contributed by atoms with van der Waals surface area (Å²) in [6.45, 7) is 0. The number of rotatable bonds is 6. The molecule has 0 spiro atoms. The Morgan fingerprint density at radius 2 is 1.57 bits per heavy atom. The molecule has 0 unspecified atom stereocenters. The second kappa shape index (κ2) is 7.36. The van der Waals surface area contributed by atoms with E-state index in [9.17, 15) is 4.79 Å². The van der Waals surface area contributed by atoms with Gasteiger partial charge in [-0.1, -0.05) is 48.5 Å². The Balaban J connectivity index is 1.73. The summed E-state index contributed by atoms with van der Waals surface area (Å²) in [4.78, 5) is 16.9. The topological polar surface area (TPSA) is 42.0 Å². The molecular formula is C20H18N2O. The number of nitrogens with one attached hydrogen (secondary N) is 1. The van der Waals surface area contributed by atoms with E-state index in [2.05, 4.69) is 10.3 Å². The first-order valence-electron chi connectivity index (χ1n) is 7.67. The molecule has 0 bridgehead atoms. The third-order valence-electron chi connectivity index (χ3n) is 3.63. The molecule has 3 aromatic rings. The third-order valence-corrected chi connectivity index (χ3v) is 3.63. The van der Waals surface area contributed by atoms with E-state index in [1.54, 1.807) is 12.3 Å². The normalized spacial score (nSPS) is 10.3. The standard InChI is InChI=1S/C20H18N2O/c23-19(14-13-16-8-3-1-4-9-16)18-12-7-15-21-20(18)22-17-10-5-2-6-11-17/h1-12,15H,13-14H2,(H,21,22). The lowest BCUT2D eigenvalue weighted by molar-refractivity contribution is 0.0983. The van der Waals surface area contributed by atoms with E-state index >= 15 is 0 Å². The van der Waals surface area contributed by atoms with Crippen molar-refractivity contribution in [2.45, 2.75) is 12.8 Å². The molecule has 3 rings (SSSR count). The van der Waals surface area contributed by atoms with E-state index in [0.29, 0.717) is 17.8 Å². The zero-order valence-corrected chi connectivity index (χ0v) is 12.8. The molecule has 0 saturated heterocycles. The summed E-state index contributed by atoms with van der Waals surface area (Å²) in [5, 5.41) is 3.22. The zero-order chi connectivity index (χ0) is 15.9. The number of benzene rings is 2. The zero-order valence-electron chi connectivity index (χ0n) is 12.8. The van der Waals surface area contributed by atoms with Crippen LogP contribution in [0.2, 0.25) is 0 Å². The number of carbonyl (C=O) groups is 1. The van der Waals surface area contributed by atoms with E-state index < -0.39 is 0 Å². The fraction of sp³-hybridized carbons (Fsp3) is 0.100. The van der Waals surface area contributed by atoms with Gasteiger partial charge in [0.25, 0.3) is 0 Å². The van der Waals surface area contributed by atoms with Gasteiger partial charge in [-0.25, -0.2) is 4.98 Å². The van der Waals surface area contributed by atoms with E-state index in [4.69, 9.17) is 0 Å². The predicted molar refractivity (Wildman–Crippen MR) is 93.1 cm³/mol. The van der Waals surface area contributed by atoms with Crippen LogP contribution in [0, 0.1) is 0 Å². The molecule has 0 saturated carbocycles. The molecular weight excluding hydrogens is 284 g/mol. The lowest BCUT2D eigenvalue weighted by atomic mass is 10.0. The van der Waals surface area contributed by atoms with E-state index in [1.165, 1.54) is 5.56 Å². The fourth-order valence-corrected chi connectivity index (χ4v) is 2.43. The molecule has 2 aromatic carbocycles.